The topological polar surface area (TPSA) is 132 Å². The Hall–Kier alpha value is -4.19. The van der Waals surface area contributed by atoms with Gasteiger partial charge in [0.05, 0.1) is 11.0 Å². The molecule has 4 aromatic rings. The fourth-order valence-corrected chi connectivity index (χ4v) is 7.94. The van der Waals surface area contributed by atoms with Crippen molar-refractivity contribution < 1.29 is 9.26 Å². The number of anilines is 1. The van der Waals surface area contributed by atoms with Gasteiger partial charge >= 0.3 is 0 Å². The first-order valence-electron chi connectivity index (χ1n) is 14.9. The predicted molar refractivity (Wildman–Crippen MR) is 165 cm³/mol. The summed E-state index contributed by atoms with van der Waals surface area (Å²) in [6, 6.07) is 6.19. The molecule has 1 fully saturated rings. The molecule has 2 aliphatic rings. The second-order valence-electron chi connectivity index (χ2n) is 11.7. The Kier molecular flexibility index (Phi) is 7.72. The van der Waals surface area contributed by atoms with Gasteiger partial charge in [0, 0.05) is 28.7 Å². The van der Waals surface area contributed by atoms with E-state index in [9.17, 15) is 5.26 Å². The average Bonchev–Trinajstić information content (AvgIpc) is 3.79. The lowest BCUT2D eigenvalue weighted by Gasteiger charge is -2.33. The van der Waals surface area contributed by atoms with Gasteiger partial charge in [-0.15, -0.1) is 17.8 Å². The molecule has 43 heavy (non-hydrogen) atoms. The molecule has 0 aromatic carbocycles. The Morgan fingerprint density at radius 1 is 1.35 bits per heavy atom. The molecule has 222 valence electrons. The van der Waals surface area contributed by atoms with Gasteiger partial charge in [-0.2, -0.15) is 15.3 Å². The zero-order valence-electron chi connectivity index (χ0n) is 25.1. The number of aryl methyl sites for hydroxylation is 1. The largest absolute Gasteiger partial charge is 0.473 e. The molecule has 5 heterocycles. The molecule has 0 unspecified atom stereocenters. The lowest BCUT2D eigenvalue weighted by Crippen LogP contribution is -2.38. The number of thiophene rings is 1. The van der Waals surface area contributed by atoms with Gasteiger partial charge in [0.15, 0.2) is 23.1 Å². The molecule has 1 aliphatic carbocycles. The number of ether oxygens (including phenoxy) is 1. The molecule has 0 spiro atoms. The number of terminal acetylenes is 1. The van der Waals surface area contributed by atoms with Gasteiger partial charge in [0.2, 0.25) is 5.88 Å². The number of rotatable bonds is 8. The Morgan fingerprint density at radius 2 is 2.19 bits per heavy atom. The Bertz CT molecular complexity index is 1740. The van der Waals surface area contributed by atoms with Gasteiger partial charge in [0.25, 0.3) is 0 Å². The van der Waals surface area contributed by atoms with Crippen molar-refractivity contribution in [1.29, 1.82) is 5.26 Å². The standard InChI is InChI=1S/C32H36N8O2S/c1-6-10-21-28(38-42-29(21)32(4)14-8-12-24-27(32)22(18-33)30(34)43-24)31-35-25(40-16-13-20(7-2)37-40)17-26(36-31)41-19(3)23-11-9-15-39(23)5/h2,13,16-17,19,23H,6,8-12,14-15,34H2,1,3-5H3/t19-,23-,32-/m0/s1. The minimum Gasteiger partial charge on any atom is -0.473 e. The molecular weight excluding hydrogens is 560 g/mol. The van der Waals surface area contributed by atoms with Crippen molar-refractivity contribution in [3.8, 4) is 41.6 Å². The monoisotopic (exact) mass is 596 g/mol. The van der Waals surface area contributed by atoms with E-state index in [4.69, 9.17) is 31.4 Å². The van der Waals surface area contributed by atoms with Crippen molar-refractivity contribution in [2.24, 2.45) is 0 Å². The van der Waals surface area contributed by atoms with E-state index in [1.54, 1.807) is 23.0 Å². The molecule has 1 saturated heterocycles. The van der Waals surface area contributed by atoms with Crippen molar-refractivity contribution in [2.45, 2.75) is 83.3 Å². The molecule has 2 N–H and O–H groups in total. The highest BCUT2D eigenvalue weighted by Gasteiger charge is 2.44. The molecule has 0 saturated carbocycles. The zero-order valence-corrected chi connectivity index (χ0v) is 25.9. The molecule has 0 radical (unpaired) electrons. The Labute approximate surface area is 255 Å². The summed E-state index contributed by atoms with van der Waals surface area (Å²) in [6.07, 6.45) is 13.7. The fourth-order valence-electron chi connectivity index (χ4n) is 6.75. The third-order valence-electron chi connectivity index (χ3n) is 8.84. The molecule has 10 nitrogen and oxygen atoms in total. The average molecular weight is 597 g/mol. The van der Waals surface area contributed by atoms with E-state index in [0.29, 0.717) is 51.9 Å². The summed E-state index contributed by atoms with van der Waals surface area (Å²) in [7, 11) is 2.13. The number of nitrogens with zero attached hydrogens (tertiary/aromatic N) is 7. The van der Waals surface area contributed by atoms with Gasteiger partial charge in [-0.25, -0.2) is 9.67 Å². The number of likely N-dealkylation sites (tertiary alicyclic amines) is 1. The third-order valence-corrected chi connectivity index (χ3v) is 9.92. The van der Waals surface area contributed by atoms with E-state index in [0.717, 1.165) is 66.8 Å². The van der Waals surface area contributed by atoms with Crippen LogP contribution in [0.15, 0.2) is 22.9 Å². The van der Waals surface area contributed by atoms with Crippen LogP contribution in [0, 0.1) is 23.7 Å². The first-order chi connectivity index (χ1) is 20.8. The number of hydrogen-bond donors (Lipinski definition) is 1. The minimum atomic E-state index is -0.551. The second-order valence-corrected chi connectivity index (χ2v) is 12.9. The van der Waals surface area contributed by atoms with Crippen LogP contribution in [0.3, 0.4) is 0 Å². The summed E-state index contributed by atoms with van der Waals surface area (Å²) in [4.78, 5) is 13.2. The Morgan fingerprint density at radius 3 is 2.88 bits per heavy atom. The van der Waals surface area contributed by atoms with Crippen LogP contribution in [0.2, 0.25) is 0 Å². The fraction of sp³-hybridized carbons (Fsp3) is 0.469. The number of hydrogen-bond acceptors (Lipinski definition) is 10. The first kappa shape index (κ1) is 28.9. The minimum absolute atomic E-state index is 0.0852. The molecule has 11 heteroatoms. The van der Waals surface area contributed by atoms with E-state index in [2.05, 4.69) is 55.0 Å². The van der Waals surface area contributed by atoms with Crippen molar-refractivity contribution in [1.82, 2.24) is 29.8 Å². The van der Waals surface area contributed by atoms with Crippen molar-refractivity contribution >= 4 is 16.3 Å². The van der Waals surface area contributed by atoms with Crippen LogP contribution in [-0.4, -0.2) is 55.5 Å². The molecular formula is C32H36N8O2S. The highest BCUT2D eigenvalue weighted by atomic mass is 32.1. The van der Waals surface area contributed by atoms with Crippen LogP contribution in [-0.2, 0) is 18.3 Å². The smallest absolute Gasteiger partial charge is 0.219 e. The zero-order chi connectivity index (χ0) is 30.3. The quantitative estimate of drug-likeness (QED) is 0.270. The molecule has 0 amide bonds. The highest BCUT2D eigenvalue weighted by Crippen LogP contribution is 2.50. The lowest BCUT2D eigenvalue weighted by molar-refractivity contribution is 0.117. The number of aromatic nitrogens is 5. The summed E-state index contributed by atoms with van der Waals surface area (Å²) in [6.45, 7) is 7.38. The molecule has 4 aromatic heterocycles. The summed E-state index contributed by atoms with van der Waals surface area (Å²) in [5, 5.41) is 19.7. The van der Waals surface area contributed by atoms with Gasteiger partial charge in [0.1, 0.15) is 22.9 Å². The highest BCUT2D eigenvalue weighted by molar-refractivity contribution is 7.16. The van der Waals surface area contributed by atoms with Gasteiger partial charge in [-0.05, 0) is 83.5 Å². The predicted octanol–water partition coefficient (Wildman–Crippen LogP) is 5.27. The second kappa shape index (κ2) is 11.5. The number of nitrogens with two attached hydrogens (primary N) is 1. The van der Waals surface area contributed by atoms with E-state index in [1.807, 2.05) is 0 Å². The van der Waals surface area contributed by atoms with Crippen molar-refractivity contribution in [3.05, 3.63) is 51.4 Å². The van der Waals surface area contributed by atoms with Crippen LogP contribution in [0.4, 0.5) is 5.00 Å². The number of nitrogen functional groups attached to an aromatic ring is 1. The molecule has 0 bridgehead atoms. The van der Waals surface area contributed by atoms with E-state index in [-0.39, 0.29) is 6.10 Å². The third kappa shape index (κ3) is 5.07. The van der Waals surface area contributed by atoms with E-state index in [1.165, 1.54) is 11.3 Å². The molecule has 1 aliphatic heterocycles. The SMILES string of the molecule is C#Cc1ccn(-c2cc(O[C@@H](C)[C@@H]3CCCN3C)nc(-c3noc([C@@]4(C)CCCc5sc(N)c(C#N)c54)c3CCC)n2)n1. The number of fused-ring (bicyclic) bond motifs is 1. The summed E-state index contributed by atoms with van der Waals surface area (Å²) in [5.41, 5.74) is 9.27. The molecule has 3 atom stereocenters. The van der Waals surface area contributed by atoms with Crippen LogP contribution < -0.4 is 10.5 Å². The summed E-state index contributed by atoms with van der Waals surface area (Å²) in [5.74, 6) is 4.65. The van der Waals surface area contributed by atoms with E-state index < -0.39 is 5.41 Å². The van der Waals surface area contributed by atoms with Crippen molar-refractivity contribution in [3.63, 3.8) is 0 Å². The van der Waals surface area contributed by atoms with Gasteiger partial charge in [-0.3, -0.25) is 4.90 Å². The normalized spacial score (nSPS) is 20.8. The van der Waals surface area contributed by atoms with Gasteiger partial charge in [-0.1, -0.05) is 18.5 Å². The summed E-state index contributed by atoms with van der Waals surface area (Å²) >= 11 is 1.51. The molecule has 6 rings (SSSR count). The number of nitriles is 1. The van der Waals surface area contributed by atoms with Crippen LogP contribution in [0.25, 0.3) is 17.3 Å². The lowest BCUT2D eigenvalue weighted by atomic mass is 9.69. The maximum Gasteiger partial charge on any atom is 0.219 e. The van der Waals surface area contributed by atoms with Crippen molar-refractivity contribution in [2.75, 3.05) is 19.3 Å². The van der Waals surface area contributed by atoms with Crippen LogP contribution in [0.1, 0.15) is 85.9 Å². The van der Waals surface area contributed by atoms with E-state index >= 15 is 0 Å². The maximum atomic E-state index is 10.0. The number of likely N-dealkylation sites (N-methyl/N-ethyl adjacent to an activating group) is 1. The Balaban J connectivity index is 1.48. The van der Waals surface area contributed by atoms with Gasteiger partial charge < -0.3 is 15.0 Å². The summed E-state index contributed by atoms with van der Waals surface area (Å²) < 4.78 is 14.3. The first-order valence-corrected chi connectivity index (χ1v) is 15.7. The van der Waals surface area contributed by atoms with Crippen LogP contribution in [0.5, 0.6) is 5.88 Å². The van der Waals surface area contributed by atoms with Crippen LogP contribution >= 0.6 is 11.3 Å². The maximum absolute atomic E-state index is 10.0.